The van der Waals surface area contributed by atoms with Gasteiger partial charge in [-0.05, 0) is 31.5 Å². The topological polar surface area (TPSA) is 57.4 Å². The summed E-state index contributed by atoms with van der Waals surface area (Å²) >= 11 is 1.49. The van der Waals surface area contributed by atoms with E-state index in [1.165, 1.54) is 24.5 Å². The molecule has 0 aliphatic rings. The Kier molecular flexibility index (Phi) is 4.74. The second kappa shape index (κ2) is 6.36. The lowest BCUT2D eigenvalue weighted by molar-refractivity contribution is -0.0512. The van der Waals surface area contributed by atoms with Gasteiger partial charge in [0.1, 0.15) is 5.01 Å². The van der Waals surface area contributed by atoms with Crippen LogP contribution in [-0.4, -0.2) is 18.7 Å². The first-order valence-corrected chi connectivity index (χ1v) is 7.06. The largest absolute Gasteiger partial charge is 0.493 e. The van der Waals surface area contributed by atoms with Crippen molar-refractivity contribution < 1.29 is 18.3 Å². The average molecular weight is 314 g/mol. The average Bonchev–Trinajstić information content (AvgIpc) is 2.77. The zero-order valence-electron chi connectivity index (χ0n) is 11.9. The third-order valence-corrected chi connectivity index (χ3v) is 4.23. The molecule has 0 aliphatic carbocycles. The number of ether oxygens (including phenoxy) is 2. The van der Waals surface area contributed by atoms with E-state index in [1.54, 1.807) is 12.1 Å². The minimum Gasteiger partial charge on any atom is -0.493 e. The van der Waals surface area contributed by atoms with Crippen LogP contribution in [0.25, 0.3) is 0 Å². The molecule has 0 saturated heterocycles. The third-order valence-electron chi connectivity index (χ3n) is 3.07. The number of nitrogens with two attached hydrogens (primary N) is 1. The molecule has 1 heterocycles. The van der Waals surface area contributed by atoms with Gasteiger partial charge < -0.3 is 15.2 Å². The van der Waals surface area contributed by atoms with E-state index in [9.17, 15) is 8.78 Å². The maximum Gasteiger partial charge on any atom is 0.387 e. The molecular weight excluding hydrogens is 298 g/mol. The summed E-state index contributed by atoms with van der Waals surface area (Å²) < 4.78 is 34.3. The van der Waals surface area contributed by atoms with Gasteiger partial charge in [0.2, 0.25) is 0 Å². The molecule has 0 fully saturated rings. The number of hydrogen-bond donors (Lipinski definition) is 1. The molecule has 0 bridgehead atoms. The number of nitrogens with zero attached hydrogens (tertiary/aromatic N) is 1. The first kappa shape index (κ1) is 15.7. The van der Waals surface area contributed by atoms with E-state index >= 15 is 0 Å². The van der Waals surface area contributed by atoms with E-state index < -0.39 is 12.7 Å². The summed E-state index contributed by atoms with van der Waals surface area (Å²) in [6.07, 6.45) is 0. The monoisotopic (exact) mass is 314 g/mol. The molecule has 0 saturated carbocycles. The molecular formula is C14H16F2N2O2S. The minimum atomic E-state index is -2.92. The van der Waals surface area contributed by atoms with Crippen LogP contribution < -0.4 is 15.2 Å². The molecule has 2 aromatic rings. The maximum atomic E-state index is 12.4. The Morgan fingerprint density at radius 2 is 1.95 bits per heavy atom. The number of benzene rings is 1. The molecule has 2 N–H and O–H groups in total. The number of methoxy groups -OCH3 is 1. The summed E-state index contributed by atoms with van der Waals surface area (Å²) in [5.41, 5.74) is 7.71. The number of aromatic nitrogens is 1. The fourth-order valence-electron chi connectivity index (χ4n) is 1.85. The summed E-state index contributed by atoms with van der Waals surface area (Å²) in [6, 6.07) is 4.24. The Bertz CT molecular complexity index is 612. The van der Waals surface area contributed by atoms with Crippen LogP contribution in [-0.2, 0) is 0 Å². The van der Waals surface area contributed by atoms with Gasteiger partial charge in [-0.1, -0.05) is 6.07 Å². The minimum absolute atomic E-state index is 0.0366. The predicted octanol–water partition coefficient (Wildman–Crippen LogP) is 3.42. The van der Waals surface area contributed by atoms with Gasteiger partial charge in [-0.25, -0.2) is 4.98 Å². The molecule has 1 unspecified atom stereocenters. The number of halogens is 2. The molecule has 1 aromatic heterocycles. The van der Waals surface area contributed by atoms with Crippen molar-refractivity contribution >= 4 is 11.3 Å². The fraction of sp³-hybridized carbons (Fsp3) is 0.357. The summed E-state index contributed by atoms with van der Waals surface area (Å²) in [6.45, 7) is 0.944. The van der Waals surface area contributed by atoms with E-state index in [0.29, 0.717) is 5.56 Å². The van der Waals surface area contributed by atoms with Gasteiger partial charge in [-0.15, -0.1) is 11.3 Å². The molecule has 7 heteroatoms. The van der Waals surface area contributed by atoms with Crippen LogP contribution in [0.1, 0.15) is 27.2 Å². The highest BCUT2D eigenvalue weighted by molar-refractivity contribution is 7.11. The number of aryl methyl sites for hydroxylation is 2. The van der Waals surface area contributed by atoms with Crippen LogP contribution in [0.15, 0.2) is 18.2 Å². The number of hydrogen-bond acceptors (Lipinski definition) is 5. The van der Waals surface area contributed by atoms with Gasteiger partial charge in [-0.2, -0.15) is 8.78 Å². The van der Waals surface area contributed by atoms with Gasteiger partial charge in [0.15, 0.2) is 11.5 Å². The predicted molar refractivity (Wildman–Crippen MR) is 77.2 cm³/mol. The molecule has 0 spiro atoms. The molecule has 0 amide bonds. The fourth-order valence-corrected chi connectivity index (χ4v) is 2.80. The Balaban J connectivity index is 2.34. The van der Waals surface area contributed by atoms with Gasteiger partial charge >= 0.3 is 6.61 Å². The standard InChI is InChI=1S/C14H16F2N2O2S/c1-7-8(2)21-13(18-7)12(17)9-4-5-10(19-3)11(6-9)20-14(15)16/h4-6,12,14H,17H2,1-3H3. The van der Waals surface area contributed by atoms with Crippen LogP contribution in [0.2, 0.25) is 0 Å². The Hall–Kier alpha value is -1.73. The van der Waals surface area contributed by atoms with Crippen molar-refractivity contribution in [1.29, 1.82) is 0 Å². The molecule has 0 radical (unpaired) electrons. The highest BCUT2D eigenvalue weighted by atomic mass is 32.1. The molecule has 0 aliphatic heterocycles. The van der Waals surface area contributed by atoms with E-state index in [1.807, 2.05) is 13.8 Å². The zero-order valence-corrected chi connectivity index (χ0v) is 12.7. The highest BCUT2D eigenvalue weighted by Crippen LogP contribution is 2.34. The van der Waals surface area contributed by atoms with Crippen molar-refractivity contribution in [1.82, 2.24) is 4.98 Å². The SMILES string of the molecule is COc1ccc(C(N)c2nc(C)c(C)s2)cc1OC(F)F. The molecule has 1 aromatic carbocycles. The maximum absolute atomic E-state index is 12.4. The Morgan fingerprint density at radius 3 is 2.48 bits per heavy atom. The second-order valence-corrected chi connectivity index (χ2v) is 5.69. The molecule has 114 valence electrons. The van der Waals surface area contributed by atoms with Crippen LogP contribution in [0.4, 0.5) is 8.78 Å². The van der Waals surface area contributed by atoms with Crippen LogP contribution >= 0.6 is 11.3 Å². The lowest BCUT2D eigenvalue weighted by Gasteiger charge is -2.14. The summed E-state index contributed by atoms with van der Waals surface area (Å²) in [4.78, 5) is 5.47. The van der Waals surface area contributed by atoms with Crippen molar-refractivity contribution in [3.8, 4) is 11.5 Å². The lowest BCUT2D eigenvalue weighted by Crippen LogP contribution is -2.12. The smallest absolute Gasteiger partial charge is 0.387 e. The molecule has 2 rings (SSSR count). The first-order valence-electron chi connectivity index (χ1n) is 6.24. The number of alkyl halides is 2. The Labute approximate surface area is 125 Å². The normalized spacial score (nSPS) is 12.5. The second-order valence-electron chi connectivity index (χ2n) is 4.46. The van der Waals surface area contributed by atoms with Gasteiger partial charge in [0, 0.05) is 4.88 Å². The quantitative estimate of drug-likeness (QED) is 0.919. The van der Waals surface area contributed by atoms with Crippen molar-refractivity contribution in [2.45, 2.75) is 26.5 Å². The van der Waals surface area contributed by atoms with Gasteiger partial charge in [0.25, 0.3) is 0 Å². The van der Waals surface area contributed by atoms with Crippen molar-refractivity contribution in [2.75, 3.05) is 7.11 Å². The summed E-state index contributed by atoms with van der Waals surface area (Å²) in [5, 5.41) is 0.734. The van der Waals surface area contributed by atoms with Crippen molar-refractivity contribution in [3.05, 3.63) is 39.3 Å². The van der Waals surface area contributed by atoms with E-state index in [2.05, 4.69) is 9.72 Å². The number of rotatable bonds is 5. The van der Waals surface area contributed by atoms with Gasteiger partial charge in [0.05, 0.1) is 18.8 Å². The molecule has 1 atom stereocenters. The zero-order chi connectivity index (χ0) is 15.6. The van der Waals surface area contributed by atoms with E-state index in [0.717, 1.165) is 15.6 Å². The molecule has 4 nitrogen and oxygen atoms in total. The van der Waals surface area contributed by atoms with Crippen molar-refractivity contribution in [2.24, 2.45) is 5.73 Å². The summed E-state index contributed by atoms with van der Waals surface area (Å²) in [7, 11) is 1.39. The van der Waals surface area contributed by atoms with E-state index in [4.69, 9.17) is 10.5 Å². The third kappa shape index (κ3) is 3.48. The molecule has 21 heavy (non-hydrogen) atoms. The summed E-state index contributed by atoms with van der Waals surface area (Å²) in [5.74, 6) is 0.197. The van der Waals surface area contributed by atoms with Crippen LogP contribution in [0.3, 0.4) is 0 Å². The van der Waals surface area contributed by atoms with Gasteiger partial charge in [-0.3, -0.25) is 0 Å². The first-order chi connectivity index (χ1) is 9.92. The van der Waals surface area contributed by atoms with Crippen molar-refractivity contribution in [3.63, 3.8) is 0 Å². The van der Waals surface area contributed by atoms with Crippen LogP contribution in [0, 0.1) is 13.8 Å². The number of thiazole rings is 1. The lowest BCUT2D eigenvalue weighted by atomic mass is 10.1. The highest BCUT2D eigenvalue weighted by Gasteiger charge is 2.18. The Morgan fingerprint density at radius 1 is 1.24 bits per heavy atom. The van der Waals surface area contributed by atoms with Crippen LogP contribution in [0.5, 0.6) is 11.5 Å². The van der Waals surface area contributed by atoms with E-state index in [-0.39, 0.29) is 11.5 Å².